The number of hydrogen-bond acceptors (Lipinski definition) is 3. The van der Waals surface area contributed by atoms with Crippen LogP contribution in [0, 0.1) is 0 Å². The Labute approximate surface area is 134 Å². The number of carbonyl (C=O) groups is 1. The van der Waals surface area contributed by atoms with E-state index in [1.807, 2.05) is 12.1 Å². The summed E-state index contributed by atoms with van der Waals surface area (Å²) >= 11 is 5.96. The number of aliphatic carboxylic acids is 1. The van der Waals surface area contributed by atoms with Crippen LogP contribution in [0.5, 0.6) is 11.5 Å². The van der Waals surface area contributed by atoms with Crippen LogP contribution in [0.1, 0.15) is 17.0 Å². The number of ether oxygens (including phenoxy) is 2. The fraction of sp³-hybridized carbons (Fsp3) is 0.235. The van der Waals surface area contributed by atoms with Gasteiger partial charge in [-0.05, 0) is 30.2 Å². The van der Waals surface area contributed by atoms with E-state index in [0.717, 1.165) is 5.56 Å². The maximum atomic E-state index is 11.7. The van der Waals surface area contributed by atoms with Crippen LogP contribution in [0.3, 0.4) is 0 Å². The van der Waals surface area contributed by atoms with Crippen molar-refractivity contribution in [2.75, 3.05) is 14.2 Å². The number of rotatable bonds is 6. The van der Waals surface area contributed by atoms with Crippen molar-refractivity contribution in [3.63, 3.8) is 0 Å². The highest BCUT2D eigenvalue weighted by atomic mass is 35.5. The van der Waals surface area contributed by atoms with Gasteiger partial charge in [0.25, 0.3) is 0 Å². The quantitative estimate of drug-likeness (QED) is 0.880. The fourth-order valence-electron chi connectivity index (χ4n) is 2.34. The molecule has 1 unspecified atom stereocenters. The summed E-state index contributed by atoms with van der Waals surface area (Å²) < 4.78 is 10.5. The summed E-state index contributed by atoms with van der Waals surface area (Å²) in [6.07, 6.45) is 0.332. The van der Waals surface area contributed by atoms with Crippen molar-refractivity contribution in [2.45, 2.75) is 12.3 Å². The summed E-state index contributed by atoms with van der Waals surface area (Å²) in [7, 11) is 3.06. The van der Waals surface area contributed by atoms with Gasteiger partial charge in [0.05, 0.1) is 20.1 Å². The average molecular weight is 321 g/mol. The zero-order valence-electron chi connectivity index (χ0n) is 12.4. The number of benzene rings is 2. The van der Waals surface area contributed by atoms with Gasteiger partial charge in [-0.3, -0.25) is 4.79 Å². The second-order valence-corrected chi connectivity index (χ2v) is 5.27. The van der Waals surface area contributed by atoms with Crippen LogP contribution in [0.15, 0.2) is 42.5 Å². The minimum Gasteiger partial charge on any atom is -0.497 e. The van der Waals surface area contributed by atoms with Crippen molar-refractivity contribution in [3.05, 3.63) is 58.6 Å². The predicted octanol–water partition coefficient (Wildman–Crippen LogP) is 3.77. The molecule has 0 radical (unpaired) electrons. The van der Waals surface area contributed by atoms with Crippen LogP contribution in [0.25, 0.3) is 0 Å². The Morgan fingerprint density at radius 1 is 1.18 bits per heavy atom. The molecule has 22 heavy (non-hydrogen) atoms. The molecule has 1 atom stereocenters. The zero-order valence-corrected chi connectivity index (χ0v) is 13.1. The highest BCUT2D eigenvalue weighted by Crippen LogP contribution is 2.33. The lowest BCUT2D eigenvalue weighted by atomic mass is 9.91. The molecule has 0 heterocycles. The van der Waals surface area contributed by atoms with Gasteiger partial charge in [-0.25, -0.2) is 0 Å². The first-order valence-electron chi connectivity index (χ1n) is 6.74. The van der Waals surface area contributed by atoms with Crippen LogP contribution in [-0.4, -0.2) is 25.3 Å². The summed E-state index contributed by atoms with van der Waals surface area (Å²) in [6, 6.07) is 12.3. The second-order valence-electron chi connectivity index (χ2n) is 4.83. The van der Waals surface area contributed by atoms with E-state index in [9.17, 15) is 9.90 Å². The Balaban J connectivity index is 2.38. The normalized spacial score (nSPS) is 11.8. The Morgan fingerprint density at radius 2 is 1.95 bits per heavy atom. The van der Waals surface area contributed by atoms with E-state index in [0.29, 0.717) is 28.5 Å². The van der Waals surface area contributed by atoms with Crippen molar-refractivity contribution in [2.24, 2.45) is 0 Å². The smallest absolute Gasteiger partial charge is 0.311 e. The average Bonchev–Trinajstić information content (AvgIpc) is 2.52. The summed E-state index contributed by atoms with van der Waals surface area (Å²) in [5, 5.41) is 10.2. The third-order valence-electron chi connectivity index (χ3n) is 3.44. The Hall–Kier alpha value is -2.20. The molecule has 0 aliphatic heterocycles. The lowest BCUT2D eigenvalue weighted by Gasteiger charge is -2.17. The number of hydrogen-bond donors (Lipinski definition) is 1. The van der Waals surface area contributed by atoms with E-state index in [1.54, 1.807) is 37.4 Å². The number of methoxy groups -OCH3 is 2. The molecule has 2 rings (SSSR count). The molecule has 0 aliphatic rings. The highest BCUT2D eigenvalue weighted by Gasteiger charge is 2.24. The van der Waals surface area contributed by atoms with Gasteiger partial charge in [0.2, 0.25) is 0 Å². The van der Waals surface area contributed by atoms with Crippen molar-refractivity contribution in [1.29, 1.82) is 0 Å². The van der Waals surface area contributed by atoms with Crippen LogP contribution >= 0.6 is 11.6 Å². The van der Waals surface area contributed by atoms with Crippen LogP contribution in [0.2, 0.25) is 5.02 Å². The molecule has 4 nitrogen and oxygen atoms in total. The molecule has 0 saturated carbocycles. The lowest BCUT2D eigenvalue weighted by Crippen LogP contribution is -2.15. The highest BCUT2D eigenvalue weighted by molar-refractivity contribution is 6.30. The van der Waals surface area contributed by atoms with E-state index in [4.69, 9.17) is 21.1 Å². The summed E-state index contributed by atoms with van der Waals surface area (Å²) in [5.41, 5.74) is 1.47. The number of halogens is 1. The molecule has 2 aromatic carbocycles. The molecule has 2 aromatic rings. The third kappa shape index (κ3) is 3.71. The lowest BCUT2D eigenvalue weighted by molar-refractivity contribution is -0.138. The van der Waals surface area contributed by atoms with Gasteiger partial charge in [0.15, 0.2) is 0 Å². The minimum atomic E-state index is -0.913. The first kappa shape index (κ1) is 16.2. The first-order valence-corrected chi connectivity index (χ1v) is 7.12. The van der Waals surface area contributed by atoms with Crippen molar-refractivity contribution in [3.8, 4) is 11.5 Å². The van der Waals surface area contributed by atoms with Gasteiger partial charge in [-0.2, -0.15) is 0 Å². The Morgan fingerprint density at radius 3 is 2.55 bits per heavy atom. The van der Waals surface area contributed by atoms with Crippen LogP contribution < -0.4 is 9.47 Å². The predicted molar refractivity (Wildman–Crippen MR) is 85.1 cm³/mol. The number of carboxylic acid groups (broad SMARTS) is 1. The SMILES string of the molecule is COc1ccc(C(Cc2cccc(Cl)c2)C(=O)O)c(OC)c1. The molecule has 0 aromatic heterocycles. The van der Waals surface area contributed by atoms with Gasteiger partial charge >= 0.3 is 5.97 Å². The summed E-state index contributed by atoms with van der Waals surface area (Å²) in [4.78, 5) is 11.7. The fourth-order valence-corrected chi connectivity index (χ4v) is 2.55. The van der Waals surface area contributed by atoms with Crippen molar-refractivity contribution < 1.29 is 19.4 Å². The summed E-state index contributed by atoms with van der Waals surface area (Å²) in [6.45, 7) is 0. The first-order chi connectivity index (χ1) is 10.5. The molecular weight excluding hydrogens is 304 g/mol. The van der Waals surface area contributed by atoms with E-state index in [2.05, 4.69) is 0 Å². The topological polar surface area (TPSA) is 55.8 Å². The standard InChI is InChI=1S/C17H17ClO4/c1-21-13-6-7-14(16(10-13)22-2)15(17(19)20)9-11-4-3-5-12(18)8-11/h3-8,10,15H,9H2,1-2H3,(H,19,20). The van der Waals surface area contributed by atoms with Gasteiger partial charge in [-0.1, -0.05) is 29.8 Å². The van der Waals surface area contributed by atoms with Gasteiger partial charge in [0.1, 0.15) is 11.5 Å². The minimum absolute atomic E-state index is 0.332. The van der Waals surface area contributed by atoms with Crippen molar-refractivity contribution >= 4 is 17.6 Å². The maximum absolute atomic E-state index is 11.7. The largest absolute Gasteiger partial charge is 0.497 e. The van der Waals surface area contributed by atoms with E-state index in [-0.39, 0.29) is 0 Å². The molecule has 0 amide bonds. The van der Waals surface area contributed by atoms with E-state index in [1.165, 1.54) is 7.11 Å². The molecule has 0 aliphatic carbocycles. The van der Waals surface area contributed by atoms with Crippen LogP contribution in [-0.2, 0) is 11.2 Å². The summed E-state index contributed by atoms with van der Waals surface area (Å²) in [5.74, 6) is -0.524. The Bertz CT molecular complexity index is 669. The monoisotopic (exact) mass is 320 g/mol. The van der Waals surface area contributed by atoms with Gasteiger partial charge < -0.3 is 14.6 Å². The molecule has 116 valence electrons. The second kappa shape index (κ2) is 7.18. The van der Waals surface area contributed by atoms with E-state index < -0.39 is 11.9 Å². The van der Waals surface area contributed by atoms with Crippen LogP contribution in [0.4, 0.5) is 0 Å². The molecule has 0 bridgehead atoms. The molecule has 0 fully saturated rings. The maximum Gasteiger partial charge on any atom is 0.311 e. The third-order valence-corrected chi connectivity index (χ3v) is 3.68. The van der Waals surface area contributed by atoms with Crippen molar-refractivity contribution in [1.82, 2.24) is 0 Å². The van der Waals surface area contributed by atoms with Gasteiger partial charge in [-0.15, -0.1) is 0 Å². The zero-order chi connectivity index (χ0) is 16.1. The molecule has 0 spiro atoms. The molecule has 1 N–H and O–H groups in total. The molecule has 5 heteroatoms. The van der Waals surface area contributed by atoms with E-state index >= 15 is 0 Å². The number of carboxylic acids is 1. The Kier molecular flexibility index (Phi) is 5.28. The molecular formula is C17H17ClO4. The van der Waals surface area contributed by atoms with Gasteiger partial charge in [0, 0.05) is 16.7 Å². The molecule has 0 saturated heterocycles.